The van der Waals surface area contributed by atoms with Crippen LogP contribution in [0.25, 0.3) is 0 Å². The lowest BCUT2D eigenvalue weighted by molar-refractivity contribution is -0.137. The number of methoxy groups -OCH3 is 1. The van der Waals surface area contributed by atoms with E-state index in [1.165, 1.54) is 0 Å². The highest BCUT2D eigenvalue weighted by Gasteiger charge is 2.37. The van der Waals surface area contributed by atoms with E-state index in [0.29, 0.717) is 17.9 Å². The first-order chi connectivity index (χ1) is 15.0. The average Bonchev–Trinajstić information content (AvgIpc) is 3.65. The lowest BCUT2D eigenvalue weighted by atomic mass is 9.88. The predicted octanol–water partition coefficient (Wildman–Crippen LogP) is 2.50. The summed E-state index contributed by atoms with van der Waals surface area (Å²) in [7, 11) is 1.60. The van der Waals surface area contributed by atoms with E-state index in [0.717, 1.165) is 57.9 Å². The number of carbonyl (C=O) groups is 3. The lowest BCUT2D eigenvalue weighted by Gasteiger charge is -2.36. The Labute approximate surface area is 183 Å². The number of benzene rings is 1. The Bertz CT molecular complexity index is 806. The SMILES string of the molecule is COc1ccc(C(=O)N[C@@H]2CCCC[C@H]2NC(=O)[C@@H]2CCCN(C(=O)C3CC3)C2)cc1. The van der Waals surface area contributed by atoms with E-state index in [9.17, 15) is 14.4 Å². The average molecular weight is 428 g/mol. The minimum absolute atomic E-state index is 0.0175. The van der Waals surface area contributed by atoms with Gasteiger partial charge in [-0.25, -0.2) is 0 Å². The largest absolute Gasteiger partial charge is 0.497 e. The Morgan fingerprint density at radius 2 is 1.55 bits per heavy atom. The standard InChI is InChI=1S/C24H33N3O4/c1-31-19-12-10-16(11-13-19)22(28)25-20-6-2-3-7-21(20)26-23(29)18-5-4-14-27(15-18)24(30)17-8-9-17/h10-13,17-18,20-21H,2-9,14-15H2,1H3,(H,25,28)(H,26,29)/t18-,20-,21-/m1/s1. The van der Waals surface area contributed by atoms with Crippen LogP contribution in [0.1, 0.15) is 61.7 Å². The molecule has 2 saturated carbocycles. The summed E-state index contributed by atoms with van der Waals surface area (Å²) in [6, 6.07) is 6.88. The van der Waals surface area contributed by atoms with Gasteiger partial charge < -0.3 is 20.3 Å². The first-order valence-corrected chi connectivity index (χ1v) is 11.6. The van der Waals surface area contributed by atoms with Crippen LogP contribution in [0, 0.1) is 11.8 Å². The summed E-state index contributed by atoms with van der Waals surface area (Å²) in [5, 5.41) is 6.33. The van der Waals surface area contributed by atoms with Crippen LogP contribution < -0.4 is 15.4 Å². The van der Waals surface area contributed by atoms with Gasteiger partial charge in [-0.2, -0.15) is 0 Å². The Hall–Kier alpha value is -2.57. The van der Waals surface area contributed by atoms with E-state index in [1.54, 1.807) is 31.4 Å². The first-order valence-electron chi connectivity index (χ1n) is 11.6. The summed E-state index contributed by atoms with van der Waals surface area (Å²) < 4.78 is 5.15. The second-order valence-electron chi connectivity index (χ2n) is 9.11. The molecule has 1 heterocycles. The van der Waals surface area contributed by atoms with Gasteiger partial charge in [-0.15, -0.1) is 0 Å². The van der Waals surface area contributed by atoms with Crippen molar-refractivity contribution < 1.29 is 19.1 Å². The monoisotopic (exact) mass is 427 g/mol. The minimum Gasteiger partial charge on any atom is -0.497 e. The Kier molecular flexibility index (Phi) is 6.78. The molecule has 0 radical (unpaired) electrons. The van der Waals surface area contributed by atoms with E-state index >= 15 is 0 Å². The molecular weight excluding hydrogens is 394 g/mol. The maximum absolute atomic E-state index is 13.0. The van der Waals surface area contributed by atoms with E-state index in [1.807, 2.05) is 4.90 Å². The molecule has 3 atom stereocenters. The summed E-state index contributed by atoms with van der Waals surface area (Å²) in [6.45, 7) is 1.29. The van der Waals surface area contributed by atoms with Gasteiger partial charge in [0.25, 0.3) is 5.91 Å². The number of nitrogens with zero attached hydrogens (tertiary/aromatic N) is 1. The smallest absolute Gasteiger partial charge is 0.251 e. The van der Waals surface area contributed by atoms with Crippen molar-refractivity contribution in [3.8, 4) is 5.75 Å². The van der Waals surface area contributed by atoms with Crippen LogP contribution in [-0.2, 0) is 9.59 Å². The van der Waals surface area contributed by atoms with Crippen LogP contribution in [0.15, 0.2) is 24.3 Å². The maximum Gasteiger partial charge on any atom is 0.251 e. The number of amides is 3. The zero-order chi connectivity index (χ0) is 21.8. The van der Waals surface area contributed by atoms with Crippen LogP contribution >= 0.6 is 0 Å². The topological polar surface area (TPSA) is 87.7 Å². The predicted molar refractivity (Wildman–Crippen MR) is 117 cm³/mol. The molecule has 31 heavy (non-hydrogen) atoms. The molecule has 1 saturated heterocycles. The molecule has 7 nitrogen and oxygen atoms in total. The summed E-state index contributed by atoms with van der Waals surface area (Å²) >= 11 is 0. The van der Waals surface area contributed by atoms with Crippen LogP contribution in [0.5, 0.6) is 5.75 Å². The van der Waals surface area contributed by atoms with Crippen LogP contribution in [-0.4, -0.2) is 54.9 Å². The first kappa shape index (κ1) is 21.7. The molecule has 1 aromatic rings. The van der Waals surface area contributed by atoms with Crippen LogP contribution in [0.3, 0.4) is 0 Å². The molecule has 2 aliphatic carbocycles. The molecule has 0 bridgehead atoms. The van der Waals surface area contributed by atoms with Gasteiger partial charge in [0.1, 0.15) is 5.75 Å². The molecule has 7 heteroatoms. The zero-order valence-corrected chi connectivity index (χ0v) is 18.3. The van der Waals surface area contributed by atoms with Gasteiger partial charge in [-0.05, 0) is 62.8 Å². The zero-order valence-electron chi connectivity index (χ0n) is 18.3. The van der Waals surface area contributed by atoms with Gasteiger partial charge >= 0.3 is 0 Å². The van der Waals surface area contributed by atoms with Gasteiger partial charge in [-0.3, -0.25) is 14.4 Å². The highest BCUT2D eigenvalue weighted by molar-refractivity contribution is 5.94. The third-order valence-corrected chi connectivity index (χ3v) is 6.79. The highest BCUT2D eigenvalue weighted by atomic mass is 16.5. The second-order valence-corrected chi connectivity index (χ2v) is 9.11. The molecule has 0 unspecified atom stereocenters. The quantitative estimate of drug-likeness (QED) is 0.730. The Balaban J connectivity index is 1.33. The highest BCUT2D eigenvalue weighted by Crippen LogP contribution is 2.32. The normalized spacial score (nSPS) is 26.1. The van der Waals surface area contributed by atoms with Crippen molar-refractivity contribution in [2.75, 3.05) is 20.2 Å². The Morgan fingerprint density at radius 3 is 2.19 bits per heavy atom. The number of ether oxygens (including phenoxy) is 1. The van der Waals surface area contributed by atoms with E-state index in [-0.39, 0.29) is 41.6 Å². The van der Waals surface area contributed by atoms with E-state index in [2.05, 4.69) is 10.6 Å². The third-order valence-electron chi connectivity index (χ3n) is 6.79. The van der Waals surface area contributed by atoms with Gasteiger partial charge in [0.15, 0.2) is 0 Å². The molecule has 0 spiro atoms. The summed E-state index contributed by atoms with van der Waals surface area (Å²) in [6.07, 6.45) is 7.45. The van der Waals surface area contributed by atoms with Gasteiger partial charge in [0, 0.05) is 36.7 Å². The fraction of sp³-hybridized carbons (Fsp3) is 0.625. The summed E-state index contributed by atoms with van der Waals surface area (Å²) in [4.78, 5) is 40.0. The van der Waals surface area contributed by atoms with Gasteiger partial charge in [0.2, 0.25) is 11.8 Å². The lowest BCUT2D eigenvalue weighted by Crippen LogP contribution is -2.55. The fourth-order valence-electron chi connectivity index (χ4n) is 4.75. The molecule has 0 aromatic heterocycles. The molecule has 168 valence electrons. The summed E-state index contributed by atoms with van der Waals surface area (Å²) in [5.41, 5.74) is 0.581. The third kappa shape index (κ3) is 5.38. The minimum atomic E-state index is -0.156. The number of rotatable bonds is 6. The molecule has 1 aliphatic heterocycles. The van der Waals surface area contributed by atoms with Gasteiger partial charge in [-0.1, -0.05) is 12.8 Å². The van der Waals surface area contributed by atoms with E-state index in [4.69, 9.17) is 4.74 Å². The number of nitrogens with one attached hydrogen (secondary N) is 2. The van der Waals surface area contributed by atoms with Crippen molar-refractivity contribution in [3.63, 3.8) is 0 Å². The van der Waals surface area contributed by atoms with E-state index < -0.39 is 0 Å². The van der Waals surface area contributed by atoms with Crippen molar-refractivity contribution in [2.24, 2.45) is 11.8 Å². The number of likely N-dealkylation sites (tertiary alicyclic amines) is 1. The van der Waals surface area contributed by atoms with Crippen molar-refractivity contribution in [1.29, 1.82) is 0 Å². The van der Waals surface area contributed by atoms with Crippen molar-refractivity contribution >= 4 is 17.7 Å². The Morgan fingerprint density at radius 1 is 0.871 bits per heavy atom. The van der Waals surface area contributed by atoms with Crippen molar-refractivity contribution in [2.45, 2.75) is 63.5 Å². The molecule has 3 aliphatic rings. The number of piperidine rings is 1. The fourth-order valence-corrected chi connectivity index (χ4v) is 4.75. The maximum atomic E-state index is 13.0. The van der Waals surface area contributed by atoms with Crippen LogP contribution in [0.4, 0.5) is 0 Å². The summed E-state index contributed by atoms with van der Waals surface area (Å²) in [5.74, 6) is 0.853. The molecule has 3 fully saturated rings. The molecule has 4 rings (SSSR count). The van der Waals surface area contributed by atoms with Crippen LogP contribution in [0.2, 0.25) is 0 Å². The number of hydrogen-bond acceptors (Lipinski definition) is 4. The van der Waals surface area contributed by atoms with Crippen molar-refractivity contribution in [3.05, 3.63) is 29.8 Å². The number of hydrogen-bond donors (Lipinski definition) is 2. The second kappa shape index (κ2) is 9.71. The molecule has 1 aromatic carbocycles. The van der Waals surface area contributed by atoms with Gasteiger partial charge in [0.05, 0.1) is 13.0 Å². The number of carbonyl (C=O) groups excluding carboxylic acids is 3. The van der Waals surface area contributed by atoms with Crippen molar-refractivity contribution in [1.82, 2.24) is 15.5 Å². The molecular formula is C24H33N3O4. The molecule has 2 N–H and O–H groups in total. The molecule has 3 amide bonds.